The Kier molecular flexibility index (Phi) is 11.3. The summed E-state index contributed by atoms with van der Waals surface area (Å²) in [6.07, 6.45) is 2.05. The lowest BCUT2D eigenvalue weighted by atomic mass is 9.93. The standard InChI is InChI=1S/C37H47N5O8/c1-23(43)34-37(48)41(18-25-10-11-25)21-32(44)38-30(16-24-6-3-2-4-7-24)35(46)39-31-20-42(36(47)26-12-14-49-15-13-26)19-29(31)27-8-5-9-28(17-27)50-22-33(45)40-34/h2-9,17,23,25-26,29-31,34,43H,10-16,18-22H2,1H3,(H,38,44)(H,39,46)(H,40,45)/t23-,29-,30+,31+,34+/m1/s1. The van der Waals surface area contributed by atoms with Crippen molar-refractivity contribution in [2.75, 3.05) is 46.0 Å². The van der Waals surface area contributed by atoms with Gasteiger partial charge in [-0.25, -0.2) is 0 Å². The quantitative estimate of drug-likeness (QED) is 0.345. The smallest absolute Gasteiger partial charge is 0.258 e. The number of nitrogens with zero attached hydrogens (tertiary/aromatic N) is 2. The number of aliphatic hydroxyl groups excluding tert-OH is 1. The van der Waals surface area contributed by atoms with Gasteiger partial charge in [-0.15, -0.1) is 0 Å². The van der Waals surface area contributed by atoms with Crippen LogP contribution >= 0.6 is 0 Å². The van der Waals surface area contributed by atoms with E-state index < -0.39 is 54.5 Å². The highest BCUT2D eigenvalue weighted by molar-refractivity contribution is 5.93. The number of hydrogen-bond acceptors (Lipinski definition) is 8. The number of fused-ring (bicyclic) bond motifs is 4. The van der Waals surface area contributed by atoms with Crippen LogP contribution in [-0.4, -0.2) is 115 Å². The number of carbonyl (C=O) groups excluding carboxylic acids is 5. The Bertz CT molecular complexity index is 1540. The molecule has 4 N–H and O–H groups in total. The third-order valence-corrected chi connectivity index (χ3v) is 10.0. The Hall–Kier alpha value is -4.49. The molecule has 3 fully saturated rings. The van der Waals surface area contributed by atoms with Crippen molar-refractivity contribution in [3.63, 3.8) is 0 Å². The molecule has 6 rings (SSSR count). The first-order valence-electron chi connectivity index (χ1n) is 17.6. The van der Waals surface area contributed by atoms with E-state index in [9.17, 15) is 29.1 Å². The second-order valence-corrected chi connectivity index (χ2v) is 14.0. The molecular formula is C37H47N5O8. The van der Waals surface area contributed by atoms with Gasteiger partial charge in [-0.3, -0.25) is 24.0 Å². The van der Waals surface area contributed by atoms with Crippen LogP contribution in [0.2, 0.25) is 0 Å². The van der Waals surface area contributed by atoms with Gasteiger partial charge in [0.2, 0.25) is 23.6 Å². The van der Waals surface area contributed by atoms with Crippen LogP contribution in [0.4, 0.5) is 0 Å². The predicted molar refractivity (Wildman–Crippen MR) is 182 cm³/mol. The van der Waals surface area contributed by atoms with Crippen LogP contribution in [0.15, 0.2) is 54.6 Å². The maximum Gasteiger partial charge on any atom is 0.258 e. The summed E-state index contributed by atoms with van der Waals surface area (Å²) in [6.45, 7) is 2.64. The molecule has 3 aliphatic heterocycles. The summed E-state index contributed by atoms with van der Waals surface area (Å²) in [5, 5.41) is 19.2. The molecule has 13 nitrogen and oxygen atoms in total. The van der Waals surface area contributed by atoms with Crippen molar-refractivity contribution in [1.29, 1.82) is 0 Å². The van der Waals surface area contributed by atoms with E-state index in [-0.39, 0.29) is 49.7 Å². The third kappa shape index (κ3) is 8.99. The van der Waals surface area contributed by atoms with Gasteiger partial charge in [0, 0.05) is 51.1 Å². The highest BCUT2D eigenvalue weighted by Crippen LogP contribution is 2.33. The molecule has 2 saturated heterocycles. The Morgan fingerprint density at radius 1 is 0.920 bits per heavy atom. The van der Waals surface area contributed by atoms with Crippen LogP contribution in [0.3, 0.4) is 0 Å². The van der Waals surface area contributed by atoms with Crippen LogP contribution in [0.25, 0.3) is 0 Å². The second kappa shape index (κ2) is 16.0. The van der Waals surface area contributed by atoms with Crippen molar-refractivity contribution in [2.24, 2.45) is 11.8 Å². The van der Waals surface area contributed by atoms with Crippen molar-refractivity contribution in [2.45, 2.75) is 69.2 Å². The fourth-order valence-corrected chi connectivity index (χ4v) is 7.06. The highest BCUT2D eigenvalue weighted by atomic mass is 16.5. The Morgan fingerprint density at radius 2 is 1.68 bits per heavy atom. The zero-order valence-electron chi connectivity index (χ0n) is 28.4. The number of amides is 5. The molecule has 2 aromatic rings. The number of rotatable bonds is 6. The van der Waals surface area contributed by atoms with Gasteiger partial charge in [0.1, 0.15) is 17.8 Å². The van der Waals surface area contributed by atoms with E-state index >= 15 is 0 Å². The first-order valence-corrected chi connectivity index (χ1v) is 17.6. The Labute approximate surface area is 292 Å². The van der Waals surface area contributed by atoms with Crippen LogP contribution in [0.5, 0.6) is 5.75 Å². The van der Waals surface area contributed by atoms with Gasteiger partial charge in [-0.05, 0) is 61.8 Å². The second-order valence-electron chi connectivity index (χ2n) is 14.0. The van der Waals surface area contributed by atoms with E-state index in [1.165, 1.54) is 11.8 Å². The molecule has 3 heterocycles. The SMILES string of the molecule is C[C@@H](O)[C@@H]1NC(=O)COc2cccc(c2)[C@H]2CN(C(=O)C3CCOCC3)C[C@@H]2NC(=O)[C@H](Cc2ccccc2)NC(=O)CN(CC2CC2)C1=O. The van der Waals surface area contributed by atoms with Crippen molar-refractivity contribution in [1.82, 2.24) is 25.8 Å². The van der Waals surface area contributed by atoms with E-state index in [0.29, 0.717) is 38.3 Å². The van der Waals surface area contributed by atoms with Gasteiger partial charge in [-0.2, -0.15) is 0 Å². The molecule has 0 aromatic heterocycles. The molecule has 1 saturated carbocycles. The lowest BCUT2D eigenvalue weighted by Gasteiger charge is -2.30. The van der Waals surface area contributed by atoms with Gasteiger partial charge < -0.3 is 40.3 Å². The largest absolute Gasteiger partial charge is 0.484 e. The summed E-state index contributed by atoms with van der Waals surface area (Å²) in [5.41, 5.74) is 1.65. The zero-order chi connectivity index (χ0) is 35.2. The predicted octanol–water partition coefficient (Wildman–Crippen LogP) is 0.748. The molecule has 5 atom stereocenters. The molecule has 0 unspecified atom stereocenters. The van der Waals surface area contributed by atoms with Gasteiger partial charge in [0.25, 0.3) is 5.91 Å². The summed E-state index contributed by atoms with van der Waals surface area (Å²) >= 11 is 0. The van der Waals surface area contributed by atoms with Crippen molar-refractivity contribution >= 4 is 29.5 Å². The minimum Gasteiger partial charge on any atom is -0.484 e. The molecule has 1 aliphatic carbocycles. The molecule has 13 heteroatoms. The number of aliphatic hydroxyl groups is 1. The molecule has 268 valence electrons. The van der Waals surface area contributed by atoms with E-state index in [1.807, 2.05) is 36.4 Å². The topological polar surface area (TPSA) is 167 Å². The summed E-state index contributed by atoms with van der Waals surface area (Å²) in [5.74, 6) is -1.94. The molecule has 0 spiro atoms. The molecule has 50 heavy (non-hydrogen) atoms. The van der Waals surface area contributed by atoms with Gasteiger partial charge in [0.05, 0.1) is 18.7 Å². The molecular weight excluding hydrogens is 642 g/mol. The number of ether oxygens (including phenoxy) is 2. The lowest BCUT2D eigenvalue weighted by Crippen LogP contribution is -2.58. The fourth-order valence-electron chi connectivity index (χ4n) is 7.06. The zero-order valence-corrected chi connectivity index (χ0v) is 28.4. The number of carbonyl (C=O) groups is 5. The van der Waals surface area contributed by atoms with Gasteiger partial charge >= 0.3 is 0 Å². The molecule has 2 aromatic carbocycles. The first kappa shape index (κ1) is 35.3. The number of hydrogen-bond donors (Lipinski definition) is 4. The molecule has 5 amide bonds. The van der Waals surface area contributed by atoms with Crippen molar-refractivity contribution < 1.29 is 38.6 Å². The minimum absolute atomic E-state index is 0.0275. The maximum atomic E-state index is 14.2. The summed E-state index contributed by atoms with van der Waals surface area (Å²) in [4.78, 5) is 71.5. The van der Waals surface area contributed by atoms with Crippen LogP contribution in [-0.2, 0) is 35.1 Å². The van der Waals surface area contributed by atoms with Gasteiger partial charge in [0.15, 0.2) is 6.61 Å². The van der Waals surface area contributed by atoms with Gasteiger partial charge in [-0.1, -0.05) is 42.5 Å². The summed E-state index contributed by atoms with van der Waals surface area (Å²) in [6, 6.07) is 13.8. The van der Waals surface area contributed by atoms with E-state index in [1.54, 1.807) is 23.1 Å². The van der Waals surface area contributed by atoms with Crippen LogP contribution in [0.1, 0.15) is 49.7 Å². The molecule has 4 aliphatic rings. The fraction of sp³-hybridized carbons (Fsp3) is 0.541. The van der Waals surface area contributed by atoms with Crippen molar-refractivity contribution in [3.8, 4) is 5.75 Å². The normalized spacial score (nSPS) is 26.4. The van der Waals surface area contributed by atoms with Crippen molar-refractivity contribution in [3.05, 3.63) is 65.7 Å². The third-order valence-electron chi connectivity index (χ3n) is 10.0. The molecule has 2 bridgehead atoms. The number of benzene rings is 2. The minimum atomic E-state index is -1.30. The first-order chi connectivity index (χ1) is 24.1. The lowest BCUT2D eigenvalue weighted by molar-refractivity contribution is -0.143. The number of nitrogens with one attached hydrogen (secondary N) is 3. The average Bonchev–Trinajstić information content (AvgIpc) is 3.85. The van der Waals surface area contributed by atoms with Crippen LogP contribution in [0, 0.1) is 11.8 Å². The van der Waals surface area contributed by atoms with E-state index in [0.717, 1.165) is 24.0 Å². The van der Waals surface area contributed by atoms with E-state index in [4.69, 9.17) is 9.47 Å². The van der Waals surface area contributed by atoms with E-state index in [2.05, 4.69) is 16.0 Å². The monoisotopic (exact) mass is 689 g/mol. The summed E-state index contributed by atoms with van der Waals surface area (Å²) < 4.78 is 11.3. The Balaban J connectivity index is 1.32. The summed E-state index contributed by atoms with van der Waals surface area (Å²) in [7, 11) is 0. The molecule has 0 radical (unpaired) electrons. The average molecular weight is 690 g/mol. The van der Waals surface area contributed by atoms with Crippen LogP contribution < -0.4 is 20.7 Å². The Morgan fingerprint density at radius 3 is 2.40 bits per heavy atom. The number of likely N-dealkylation sites (tertiary alicyclic amines) is 1. The maximum absolute atomic E-state index is 14.2. The highest BCUT2D eigenvalue weighted by Gasteiger charge is 2.41.